The largest absolute Gasteiger partial charge is 0.481 e. The molecule has 1 aliphatic rings. The standard InChI is InChI=1S/C25H26Br2O4Si/c1-5-30-20(28)16-31-19-14-17-15-25(12-9-13-32(2,3)4,18-10-7-6-8-11-18)24(29)21(17)23(27)22(19)26/h6-8,10-11,14H,5,12,15-16H2,1-4H3. The maximum absolute atomic E-state index is 13.9. The van der Waals surface area contributed by atoms with Gasteiger partial charge in [-0.05, 0) is 62.4 Å². The predicted molar refractivity (Wildman–Crippen MR) is 136 cm³/mol. The molecule has 0 amide bonds. The number of Topliss-reactive ketones (excluding diaryl/α,β-unsaturated/α-hetero) is 1. The van der Waals surface area contributed by atoms with Gasteiger partial charge >= 0.3 is 5.97 Å². The van der Waals surface area contributed by atoms with E-state index >= 15 is 0 Å². The summed E-state index contributed by atoms with van der Waals surface area (Å²) in [6.45, 7) is 8.43. The Labute approximate surface area is 207 Å². The van der Waals surface area contributed by atoms with Gasteiger partial charge < -0.3 is 9.47 Å². The Balaban J connectivity index is 2.03. The predicted octanol–water partition coefficient (Wildman–Crippen LogP) is 6.10. The molecule has 2 aromatic rings. The van der Waals surface area contributed by atoms with E-state index in [0.717, 1.165) is 11.1 Å². The Morgan fingerprint density at radius 1 is 1.16 bits per heavy atom. The lowest BCUT2D eigenvalue weighted by Crippen LogP contribution is -2.33. The number of ketones is 1. The number of esters is 1. The molecule has 0 radical (unpaired) electrons. The third-order valence-corrected chi connectivity index (χ3v) is 8.28. The van der Waals surface area contributed by atoms with Crippen LogP contribution in [0.25, 0.3) is 0 Å². The average Bonchev–Trinajstić information content (AvgIpc) is 3.02. The molecular formula is C25H26Br2O4Si. The van der Waals surface area contributed by atoms with Crippen molar-refractivity contribution in [3.05, 3.63) is 62.0 Å². The lowest BCUT2D eigenvalue weighted by atomic mass is 9.74. The minimum atomic E-state index is -1.58. The number of carbonyl (C=O) groups is 2. The highest BCUT2D eigenvalue weighted by Crippen LogP contribution is 2.48. The van der Waals surface area contributed by atoms with Gasteiger partial charge in [-0.15, -0.1) is 11.5 Å². The average molecular weight is 578 g/mol. The van der Waals surface area contributed by atoms with Gasteiger partial charge in [0.25, 0.3) is 0 Å². The molecule has 4 nitrogen and oxygen atoms in total. The second-order valence-electron chi connectivity index (χ2n) is 8.81. The summed E-state index contributed by atoms with van der Waals surface area (Å²) in [7, 11) is -1.58. The van der Waals surface area contributed by atoms with Crippen LogP contribution < -0.4 is 4.74 Å². The molecule has 7 heteroatoms. The van der Waals surface area contributed by atoms with E-state index in [1.807, 2.05) is 36.4 Å². The lowest BCUT2D eigenvalue weighted by Gasteiger charge is -2.26. The van der Waals surface area contributed by atoms with Gasteiger partial charge in [0.05, 0.1) is 16.5 Å². The first-order valence-electron chi connectivity index (χ1n) is 10.5. The summed E-state index contributed by atoms with van der Waals surface area (Å²) in [5.74, 6) is 3.45. The van der Waals surface area contributed by atoms with Gasteiger partial charge in [0.15, 0.2) is 12.4 Å². The summed E-state index contributed by atoms with van der Waals surface area (Å²) in [5, 5.41) is 0. The number of hydrogen-bond acceptors (Lipinski definition) is 4. The van der Waals surface area contributed by atoms with E-state index in [0.29, 0.717) is 39.7 Å². The third-order valence-electron chi connectivity index (χ3n) is 5.24. The quantitative estimate of drug-likeness (QED) is 0.236. The van der Waals surface area contributed by atoms with Crippen LogP contribution >= 0.6 is 31.9 Å². The fraction of sp³-hybridized carbons (Fsp3) is 0.360. The van der Waals surface area contributed by atoms with Crippen molar-refractivity contribution in [2.24, 2.45) is 0 Å². The molecule has 0 aliphatic heterocycles. The normalized spacial score (nSPS) is 17.4. The fourth-order valence-corrected chi connectivity index (χ4v) is 5.50. The van der Waals surface area contributed by atoms with Crippen molar-refractivity contribution in [3.8, 4) is 17.2 Å². The van der Waals surface area contributed by atoms with Crippen LogP contribution in [0.15, 0.2) is 45.3 Å². The highest BCUT2D eigenvalue weighted by molar-refractivity contribution is 9.13. The Kier molecular flexibility index (Phi) is 7.69. The van der Waals surface area contributed by atoms with Crippen LogP contribution in [-0.2, 0) is 21.4 Å². The fourth-order valence-electron chi connectivity index (χ4n) is 3.82. The van der Waals surface area contributed by atoms with Crippen molar-refractivity contribution in [2.75, 3.05) is 13.2 Å². The van der Waals surface area contributed by atoms with Crippen molar-refractivity contribution in [1.29, 1.82) is 0 Å². The van der Waals surface area contributed by atoms with Crippen LogP contribution in [0.3, 0.4) is 0 Å². The summed E-state index contributed by atoms with van der Waals surface area (Å²) >= 11 is 7.12. The van der Waals surface area contributed by atoms with Crippen LogP contribution in [0.1, 0.15) is 34.8 Å². The molecule has 1 aliphatic carbocycles. The van der Waals surface area contributed by atoms with E-state index in [-0.39, 0.29) is 12.4 Å². The Hall–Kier alpha value is -1.88. The second-order valence-corrected chi connectivity index (χ2v) is 15.1. The number of hydrogen-bond donors (Lipinski definition) is 0. The molecule has 1 atom stereocenters. The third kappa shape index (κ3) is 5.19. The van der Waals surface area contributed by atoms with E-state index in [2.05, 4.69) is 63.0 Å². The van der Waals surface area contributed by atoms with E-state index in [9.17, 15) is 9.59 Å². The van der Waals surface area contributed by atoms with Crippen LogP contribution in [0.5, 0.6) is 5.75 Å². The first kappa shape index (κ1) is 24.8. The van der Waals surface area contributed by atoms with Crippen LogP contribution in [0.4, 0.5) is 0 Å². The Morgan fingerprint density at radius 3 is 2.47 bits per heavy atom. The molecule has 0 saturated carbocycles. The zero-order chi connectivity index (χ0) is 23.5. The van der Waals surface area contributed by atoms with Gasteiger partial charge in [0.1, 0.15) is 13.8 Å². The lowest BCUT2D eigenvalue weighted by molar-refractivity contribution is -0.145. The molecule has 0 N–H and O–H groups in total. The van der Waals surface area contributed by atoms with Crippen molar-refractivity contribution >= 4 is 51.7 Å². The zero-order valence-electron chi connectivity index (χ0n) is 18.7. The summed E-state index contributed by atoms with van der Waals surface area (Å²) in [6, 6.07) is 11.7. The molecular weight excluding hydrogens is 552 g/mol. The number of fused-ring (bicyclic) bond motifs is 1. The molecule has 0 saturated heterocycles. The van der Waals surface area contributed by atoms with Gasteiger partial charge in [0.2, 0.25) is 0 Å². The van der Waals surface area contributed by atoms with Gasteiger partial charge in [-0.3, -0.25) is 4.79 Å². The second kappa shape index (κ2) is 9.94. The maximum Gasteiger partial charge on any atom is 0.344 e. The Morgan fingerprint density at radius 2 is 1.84 bits per heavy atom. The van der Waals surface area contributed by atoms with E-state index < -0.39 is 19.5 Å². The summed E-state index contributed by atoms with van der Waals surface area (Å²) in [5.41, 5.74) is 5.14. The van der Waals surface area contributed by atoms with Crippen LogP contribution in [0, 0.1) is 11.5 Å². The minimum Gasteiger partial charge on any atom is -0.481 e. The topological polar surface area (TPSA) is 52.6 Å². The first-order chi connectivity index (χ1) is 15.1. The number of benzene rings is 2. The zero-order valence-corrected chi connectivity index (χ0v) is 22.9. The first-order valence-corrected chi connectivity index (χ1v) is 15.6. The van der Waals surface area contributed by atoms with Crippen molar-refractivity contribution in [1.82, 2.24) is 0 Å². The maximum atomic E-state index is 13.9. The van der Waals surface area contributed by atoms with Crippen molar-refractivity contribution < 1.29 is 19.1 Å². The molecule has 2 aromatic carbocycles. The van der Waals surface area contributed by atoms with Gasteiger partial charge in [0, 0.05) is 16.5 Å². The molecule has 168 valence electrons. The molecule has 1 unspecified atom stereocenters. The molecule has 0 spiro atoms. The smallest absolute Gasteiger partial charge is 0.344 e. The number of ether oxygens (including phenoxy) is 2. The SMILES string of the molecule is CCOC(=O)COc1cc2c(c(Br)c1Br)C(=O)C(CC#C[Si](C)(C)C)(c1ccccc1)C2. The van der Waals surface area contributed by atoms with Gasteiger partial charge in [-0.25, -0.2) is 4.79 Å². The van der Waals surface area contributed by atoms with E-state index in [1.54, 1.807) is 6.92 Å². The van der Waals surface area contributed by atoms with E-state index in [4.69, 9.17) is 9.47 Å². The molecule has 0 heterocycles. The van der Waals surface area contributed by atoms with Gasteiger partial charge in [-0.2, -0.15) is 0 Å². The number of carbonyl (C=O) groups excluding carboxylic acids is 2. The number of halogens is 2. The van der Waals surface area contributed by atoms with Gasteiger partial charge in [-0.1, -0.05) is 50.0 Å². The summed E-state index contributed by atoms with van der Waals surface area (Å²) in [4.78, 5) is 25.6. The highest BCUT2D eigenvalue weighted by atomic mass is 79.9. The molecule has 0 aromatic heterocycles. The molecule has 0 bridgehead atoms. The van der Waals surface area contributed by atoms with Crippen LogP contribution in [-0.4, -0.2) is 33.0 Å². The minimum absolute atomic E-state index is 0.0492. The molecule has 0 fully saturated rings. The monoisotopic (exact) mass is 576 g/mol. The van der Waals surface area contributed by atoms with Crippen molar-refractivity contribution in [3.63, 3.8) is 0 Å². The summed E-state index contributed by atoms with van der Waals surface area (Å²) in [6.07, 6.45) is 0.977. The van der Waals surface area contributed by atoms with Crippen LogP contribution in [0.2, 0.25) is 19.6 Å². The van der Waals surface area contributed by atoms with Crippen molar-refractivity contribution in [2.45, 2.75) is 44.8 Å². The number of rotatable bonds is 6. The summed E-state index contributed by atoms with van der Waals surface area (Å²) < 4.78 is 11.9. The van der Waals surface area contributed by atoms with E-state index in [1.165, 1.54) is 0 Å². The Bertz CT molecular complexity index is 1100. The highest BCUT2D eigenvalue weighted by Gasteiger charge is 2.48. The molecule has 32 heavy (non-hydrogen) atoms. The molecule has 3 rings (SSSR count).